The number of amides is 2. The van der Waals surface area contributed by atoms with Gasteiger partial charge in [-0.3, -0.25) is 9.59 Å². The van der Waals surface area contributed by atoms with E-state index < -0.39 is 0 Å². The molecule has 0 bridgehead atoms. The van der Waals surface area contributed by atoms with E-state index in [2.05, 4.69) is 10.6 Å². The second-order valence-electron chi connectivity index (χ2n) is 6.27. The minimum atomic E-state index is -0.345. The van der Waals surface area contributed by atoms with Gasteiger partial charge in [-0.05, 0) is 49.2 Å². The summed E-state index contributed by atoms with van der Waals surface area (Å²) < 4.78 is 10.7. The highest BCUT2D eigenvalue weighted by Gasteiger charge is 2.17. The Morgan fingerprint density at radius 3 is 2.59 bits per heavy atom. The van der Waals surface area contributed by atoms with Gasteiger partial charge in [-0.2, -0.15) is 0 Å². The molecule has 0 fully saturated rings. The number of fused-ring (bicyclic) bond motifs is 1. The highest BCUT2D eigenvalue weighted by atomic mass is 16.7. The molecular formula is C21H22N2O4. The molecule has 6 heteroatoms. The molecule has 0 saturated heterocycles. The summed E-state index contributed by atoms with van der Waals surface area (Å²) in [4.78, 5) is 25.2. The topological polar surface area (TPSA) is 76.7 Å². The normalized spacial score (nSPS) is 13.8. The fourth-order valence-electron chi connectivity index (χ4n) is 2.52. The first-order valence-corrected chi connectivity index (χ1v) is 8.85. The molecule has 0 radical (unpaired) electrons. The maximum atomic E-state index is 12.7. The van der Waals surface area contributed by atoms with Crippen LogP contribution in [0.1, 0.15) is 36.2 Å². The van der Waals surface area contributed by atoms with Crippen LogP contribution in [0.3, 0.4) is 0 Å². The zero-order valence-corrected chi connectivity index (χ0v) is 15.3. The Morgan fingerprint density at radius 1 is 1.11 bits per heavy atom. The quantitative estimate of drug-likeness (QED) is 0.770. The van der Waals surface area contributed by atoms with E-state index in [1.807, 2.05) is 19.9 Å². The van der Waals surface area contributed by atoms with Gasteiger partial charge in [0.2, 0.25) is 6.79 Å². The first-order chi connectivity index (χ1) is 13.1. The van der Waals surface area contributed by atoms with Crippen molar-refractivity contribution in [3.63, 3.8) is 0 Å². The fourth-order valence-corrected chi connectivity index (χ4v) is 2.52. The molecule has 1 aliphatic heterocycles. The molecule has 27 heavy (non-hydrogen) atoms. The lowest BCUT2D eigenvalue weighted by Crippen LogP contribution is -2.38. The molecule has 0 aliphatic carbocycles. The Bertz CT molecular complexity index is 862. The maximum absolute atomic E-state index is 12.7. The van der Waals surface area contributed by atoms with Crippen molar-refractivity contribution in [2.24, 2.45) is 0 Å². The standard InChI is InChI=1S/C21H22N2O4/c1-3-14(2)22-21(25)17(23-20(24)16-7-5-4-6-8-16)11-15-9-10-18-19(12-15)27-13-26-18/h4-12,14H,3,13H2,1-2H3,(H,22,25)(H,23,24)/b17-11+/t14-/m1/s1. The number of carbonyl (C=O) groups excluding carboxylic acids is 2. The molecule has 2 aromatic carbocycles. The van der Waals surface area contributed by atoms with Crippen molar-refractivity contribution in [2.45, 2.75) is 26.3 Å². The van der Waals surface area contributed by atoms with E-state index in [-0.39, 0.29) is 30.3 Å². The van der Waals surface area contributed by atoms with Gasteiger partial charge >= 0.3 is 0 Å². The summed E-state index contributed by atoms with van der Waals surface area (Å²) in [6, 6.07) is 14.1. The number of rotatable bonds is 6. The third-order valence-electron chi connectivity index (χ3n) is 4.23. The van der Waals surface area contributed by atoms with Crippen LogP contribution < -0.4 is 20.1 Å². The van der Waals surface area contributed by atoms with Crippen molar-refractivity contribution in [1.29, 1.82) is 0 Å². The summed E-state index contributed by atoms with van der Waals surface area (Å²) in [6.45, 7) is 4.07. The van der Waals surface area contributed by atoms with Gasteiger partial charge < -0.3 is 20.1 Å². The molecule has 2 aromatic rings. The summed E-state index contributed by atoms with van der Waals surface area (Å²) in [5.74, 6) is 0.582. The summed E-state index contributed by atoms with van der Waals surface area (Å²) in [6.07, 6.45) is 2.41. The van der Waals surface area contributed by atoms with E-state index in [9.17, 15) is 9.59 Å². The van der Waals surface area contributed by atoms with Crippen LogP contribution in [0.2, 0.25) is 0 Å². The molecule has 6 nitrogen and oxygen atoms in total. The monoisotopic (exact) mass is 366 g/mol. The van der Waals surface area contributed by atoms with E-state index in [4.69, 9.17) is 9.47 Å². The van der Waals surface area contributed by atoms with Crippen LogP contribution in [0.15, 0.2) is 54.2 Å². The fraction of sp³-hybridized carbons (Fsp3) is 0.238. The number of hydrogen-bond donors (Lipinski definition) is 2. The first kappa shape index (κ1) is 18.5. The molecule has 1 heterocycles. The Balaban J connectivity index is 1.87. The van der Waals surface area contributed by atoms with Gasteiger partial charge in [0.1, 0.15) is 5.70 Å². The zero-order valence-electron chi connectivity index (χ0n) is 15.3. The van der Waals surface area contributed by atoms with Gasteiger partial charge in [-0.15, -0.1) is 0 Å². The zero-order chi connectivity index (χ0) is 19.2. The second-order valence-corrected chi connectivity index (χ2v) is 6.27. The summed E-state index contributed by atoms with van der Waals surface area (Å²) in [5.41, 5.74) is 1.37. The van der Waals surface area contributed by atoms with Crippen molar-refractivity contribution < 1.29 is 19.1 Å². The molecule has 2 amide bonds. The second kappa shape index (κ2) is 8.40. The van der Waals surface area contributed by atoms with E-state index in [1.165, 1.54) is 0 Å². The highest BCUT2D eigenvalue weighted by molar-refractivity contribution is 6.05. The Hall–Kier alpha value is -3.28. The average molecular weight is 366 g/mol. The third kappa shape index (κ3) is 4.67. The number of carbonyl (C=O) groups is 2. The number of ether oxygens (including phenoxy) is 2. The van der Waals surface area contributed by atoms with Crippen LogP contribution in [-0.2, 0) is 4.79 Å². The van der Waals surface area contributed by atoms with Crippen molar-refractivity contribution in [3.8, 4) is 11.5 Å². The van der Waals surface area contributed by atoms with Gasteiger partial charge in [-0.25, -0.2) is 0 Å². The summed E-state index contributed by atoms with van der Waals surface area (Å²) >= 11 is 0. The summed E-state index contributed by atoms with van der Waals surface area (Å²) in [7, 11) is 0. The lowest BCUT2D eigenvalue weighted by atomic mass is 10.1. The number of hydrogen-bond acceptors (Lipinski definition) is 4. The highest BCUT2D eigenvalue weighted by Crippen LogP contribution is 2.33. The smallest absolute Gasteiger partial charge is 0.268 e. The van der Waals surface area contributed by atoms with Gasteiger partial charge in [-0.1, -0.05) is 31.2 Å². The van der Waals surface area contributed by atoms with Crippen LogP contribution in [0.5, 0.6) is 11.5 Å². The van der Waals surface area contributed by atoms with Crippen LogP contribution in [0.25, 0.3) is 6.08 Å². The lowest BCUT2D eigenvalue weighted by molar-refractivity contribution is -0.118. The average Bonchev–Trinajstić information content (AvgIpc) is 3.15. The molecule has 0 unspecified atom stereocenters. The Kier molecular flexibility index (Phi) is 5.76. The molecule has 0 spiro atoms. The molecule has 3 rings (SSSR count). The predicted octanol–water partition coefficient (Wildman–Crippen LogP) is 3.10. The van der Waals surface area contributed by atoms with Gasteiger partial charge in [0.15, 0.2) is 11.5 Å². The SMILES string of the molecule is CC[C@@H](C)NC(=O)/C(=C\c1ccc2c(c1)OCO2)NC(=O)c1ccccc1. The predicted molar refractivity (Wildman–Crippen MR) is 102 cm³/mol. The van der Waals surface area contributed by atoms with Crippen molar-refractivity contribution in [1.82, 2.24) is 10.6 Å². The van der Waals surface area contributed by atoms with Crippen molar-refractivity contribution in [2.75, 3.05) is 6.79 Å². The first-order valence-electron chi connectivity index (χ1n) is 8.85. The third-order valence-corrected chi connectivity index (χ3v) is 4.23. The molecule has 1 aliphatic rings. The van der Waals surface area contributed by atoms with Gasteiger partial charge in [0, 0.05) is 11.6 Å². The van der Waals surface area contributed by atoms with Crippen LogP contribution in [-0.4, -0.2) is 24.6 Å². The van der Waals surface area contributed by atoms with Crippen LogP contribution in [0, 0.1) is 0 Å². The van der Waals surface area contributed by atoms with Gasteiger partial charge in [0.25, 0.3) is 11.8 Å². The molecule has 0 saturated carbocycles. The maximum Gasteiger partial charge on any atom is 0.268 e. The van der Waals surface area contributed by atoms with Crippen molar-refractivity contribution in [3.05, 3.63) is 65.4 Å². The minimum absolute atomic E-state index is 0.00807. The molecular weight excluding hydrogens is 344 g/mol. The molecule has 140 valence electrons. The molecule has 2 N–H and O–H groups in total. The Morgan fingerprint density at radius 2 is 1.85 bits per heavy atom. The molecule has 1 atom stereocenters. The van der Waals surface area contributed by atoms with E-state index in [0.29, 0.717) is 17.1 Å². The lowest BCUT2D eigenvalue weighted by Gasteiger charge is -2.15. The van der Waals surface area contributed by atoms with Crippen molar-refractivity contribution >= 4 is 17.9 Å². The van der Waals surface area contributed by atoms with Crippen LogP contribution >= 0.6 is 0 Å². The van der Waals surface area contributed by atoms with E-state index in [1.54, 1.807) is 48.5 Å². The largest absolute Gasteiger partial charge is 0.454 e. The Labute approximate surface area is 158 Å². The summed E-state index contributed by atoms with van der Waals surface area (Å²) in [5, 5.41) is 5.60. The van der Waals surface area contributed by atoms with Gasteiger partial charge in [0.05, 0.1) is 0 Å². The number of nitrogens with one attached hydrogen (secondary N) is 2. The van der Waals surface area contributed by atoms with E-state index >= 15 is 0 Å². The van der Waals surface area contributed by atoms with E-state index in [0.717, 1.165) is 12.0 Å². The number of benzene rings is 2. The van der Waals surface area contributed by atoms with Crippen LogP contribution in [0.4, 0.5) is 0 Å². The molecule has 0 aromatic heterocycles. The minimum Gasteiger partial charge on any atom is -0.454 e.